The summed E-state index contributed by atoms with van der Waals surface area (Å²) in [6.45, 7) is 3.03. The van der Waals surface area contributed by atoms with Gasteiger partial charge in [0.1, 0.15) is 5.75 Å². The predicted octanol–water partition coefficient (Wildman–Crippen LogP) is 3.41. The molecule has 0 saturated carbocycles. The molecule has 0 aliphatic rings. The first-order valence-corrected chi connectivity index (χ1v) is 7.96. The van der Waals surface area contributed by atoms with Crippen molar-refractivity contribution < 1.29 is 4.74 Å². The van der Waals surface area contributed by atoms with E-state index in [0.29, 0.717) is 6.04 Å². The van der Waals surface area contributed by atoms with Crippen molar-refractivity contribution in [1.29, 1.82) is 0 Å². The molecule has 0 radical (unpaired) electrons. The highest BCUT2D eigenvalue weighted by molar-refractivity contribution is 5.91. The average Bonchev–Trinajstić information content (AvgIpc) is 2.54. The number of pyridine rings is 1. The minimum Gasteiger partial charge on any atom is -0.497 e. The second kappa shape index (κ2) is 8.36. The lowest BCUT2D eigenvalue weighted by Gasteiger charge is -2.17. The van der Waals surface area contributed by atoms with Gasteiger partial charge in [-0.3, -0.25) is 9.98 Å². The fourth-order valence-electron chi connectivity index (χ4n) is 2.44. The Labute approximate surface area is 138 Å². The fraction of sp³-hybridized carbons (Fsp3) is 0.444. The Bertz CT molecular complexity index is 655. The van der Waals surface area contributed by atoms with Crippen LogP contribution in [0.2, 0.25) is 0 Å². The molecule has 1 N–H and O–H groups in total. The molecule has 0 aliphatic carbocycles. The van der Waals surface area contributed by atoms with Gasteiger partial charge in [-0.1, -0.05) is 6.07 Å². The monoisotopic (exact) mass is 314 g/mol. The summed E-state index contributed by atoms with van der Waals surface area (Å²) in [5.74, 6) is 0.843. The van der Waals surface area contributed by atoms with Gasteiger partial charge >= 0.3 is 0 Å². The molecule has 0 saturated heterocycles. The van der Waals surface area contributed by atoms with E-state index in [2.05, 4.69) is 28.3 Å². The first kappa shape index (κ1) is 17.1. The smallest absolute Gasteiger partial charge is 0.121 e. The summed E-state index contributed by atoms with van der Waals surface area (Å²) in [4.78, 5) is 10.8. The SMILES string of the molecule is COc1cc(N[C@@H](C)CCCN=CN(C)C)c2ncccc2c1. The third kappa shape index (κ3) is 5.13. The van der Waals surface area contributed by atoms with Crippen LogP contribution in [0.1, 0.15) is 19.8 Å². The van der Waals surface area contributed by atoms with Crippen LogP contribution < -0.4 is 10.1 Å². The van der Waals surface area contributed by atoms with Crippen molar-refractivity contribution in [2.45, 2.75) is 25.8 Å². The van der Waals surface area contributed by atoms with Crippen LogP contribution in [0.5, 0.6) is 5.75 Å². The lowest BCUT2D eigenvalue weighted by molar-refractivity contribution is 0.415. The van der Waals surface area contributed by atoms with Crippen LogP contribution in [0.15, 0.2) is 35.5 Å². The second-order valence-electron chi connectivity index (χ2n) is 5.92. The van der Waals surface area contributed by atoms with Crippen molar-refractivity contribution in [1.82, 2.24) is 9.88 Å². The Morgan fingerprint density at radius 3 is 2.96 bits per heavy atom. The Morgan fingerprint density at radius 1 is 1.39 bits per heavy atom. The highest BCUT2D eigenvalue weighted by Gasteiger charge is 2.08. The number of aliphatic imine (C=N–C) groups is 1. The number of anilines is 1. The van der Waals surface area contributed by atoms with Gasteiger partial charge in [-0.25, -0.2) is 0 Å². The highest BCUT2D eigenvalue weighted by atomic mass is 16.5. The molecule has 2 aromatic rings. The van der Waals surface area contributed by atoms with Crippen LogP contribution >= 0.6 is 0 Å². The third-order valence-electron chi connectivity index (χ3n) is 3.55. The highest BCUT2D eigenvalue weighted by Crippen LogP contribution is 2.28. The molecule has 0 unspecified atom stereocenters. The van der Waals surface area contributed by atoms with Gasteiger partial charge in [0.05, 0.1) is 24.7 Å². The second-order valence-corrected chi connectivity index (χ2v) is 5.92. The van der Waals surface area contributed by atoms with E-state index in [0.717, 1.165) is 41.7 Å². The van der Waals surface area contributed by atoms with Crippen LogP contribution in [0.3, 0.4) is 0 Å². The predicted molar refractivity (Wildman–Crippen MR) is 97.7 cm³/mol. The topological polar surface area (TPSA) is 49.8 Å². The Kier molecular flexibility index (Phi) is 6.20. The molecule has 0 aliphatic heterocycles. The van der Waals surface area contributed by atoms with Crippen LogP contribution in [0.25, 0.3) is 10.9 Å². The van der Waals surface area contributed by atoms with E-state index in [9.17, 15) is 0 Å². The molecule has 1 aromatic carbocycles. The number of nitrogens with zero attached hydrogens (tertiary/aromatic N) is 3. The van der Waals surface area contributed by atoms with E-state index in [1.807, 2.05) is 49.7 Å². The van der Waals surface area contributed by atoms with Gasteiger partial charge in [-0.05, 0) is 31.9 Å². The number of methoxy groups -OCH3 is 1. The molecule has 124 valence electrons. The minimum absolute atomic E-state index is 0.349. The van der Waals surface area contributed by atoms with Crippen molar-refractivity contribution in [3.05, 3.63) is 30.5 Å². The largest absolute Gasteiger partial charge is 0.497 e. The number of rotatable bonds is 8. The molecule has 5 nitrogen and oxygen atoms in total. The summed E-state index contributed by atoms with van der Waals surface area (Å²) < 4.78 is 5.39. The summed E-state index contributed by atoms with van der Waals surface area (Å²) in [5.41, 5.74) is 2.00. The molecule has 0 bridgehead atoms. The van der Waals surface area contributed by atoms with Crippen molar-refractivity contribution in [2.75, 3.05) is 33.1 Å². The number of hydrogen-bond acceptors (Lipinski definition) is 4. The minimum atomic E-state index is 0.349. The number of ether oxygens (including phenoxy) is 1. The summed E-state index contributed by atoms with van der Waals surface area (Å²) in [6.07, 6.45) is 5.78. The third-order valence-corrected chi connectivity index (χ3v) is 3.55. The Balaban J connectivity index is 2.00. The van der Waals surface area contributed by atoms with Gasteiger partial charge in [0.15, 0.2) is 0 Å². The molecule has 0 amide bonds. The number of aromatic nitrogens is 1. The summed E-state index contributed by atoms with van der Waals surface area (Å²) in [5, 5.41) is 4.64. The number of benzene rings is 1. The molecule has 0 spiro atoms. The normalized spacial score (nSPS) is 12.5. The van der Waals surface area contributed by atoms with Gasteiger partial charge in [0.25, 0.3) is 0 Å². The molecule has 5 heteroatoms. The van der Waals surface area contributed by atoms with E-state index in [1.165, 1.54) is 0 Å². The van der Waals surface area contributed by atoms with Crippen LogP contribution in [0, 0.1) is 0 Å². The van der Waals surface area contributed by atoms with E-state index in [1.54, 1.807) is 7.11 Å². The van der Waals surface area contributed by atoms with Gasteiger partial charge in [-0.15, -0.1) is 0 Å². The van der Waals surface area contributed by atoms with Crippen molar-refractivity contribution in [2.24, 2.45) is 4.99 Å². The zero-order valence-corrected chi connectivity index (χ0v) is 14.4. The van der Waals surface area contributed by atoms with E-state index >= 15 is 0 Å². The lowest BCUT2D eigenvalue weighted by Crippen LogP contribution is -2.16. The molecule has 0 fully saturated rings. The van der Waals surface area contributed by atoms with Gasteiger partial charge < -0.3 is 15.0 Å². The zero-order valence-electron chi connectivity index (χ0n) is 14.4. The molecule has 2 rings (SSSR count). The maximum absolute atomic E-state index is 5.39. The molecule has 1 aromatic heterocycles. The molecule has 1 heterocycles. The lowest BCUT2D eigenvalue weighted by atomic mass is 10.1. The zero-order chi connectivity index (χ0) is 16.7. The van der Waals surface area contributed by atoms with Crippen molar-refractivity contribution >= 4 is 22.9 Å². The van der Waals surface area contributed by atoms with E-state index in [-0.39, 0.29) is 0 Å². The van der Waals surface area contributed by atoms with Crippen LogP contribution in [0.4, 0.5) is 5.69 Å². The quantitative estimate of drug-likeness (QED) is 0.461. The average molecular weight is 314 g/mol. The van der Waals surface area contributed by atoms with Crippen LogP contribution in [-0.4, -0.2) is 50.0 Å². The van der Waals surface area contributed by atoms with Crippen LogP contribution in [-0.2, 0) is 0 Å². The summed E-state index contributed by atoms with van der Waals surface area (Å²) >= 11 is 0. The number of hydrogen-bond donors (Lipinski definition) is 1. The summed E-state index contributed by atoms with van der Waals surface area (Å²) in [7, 11) is 5.65. The molecular formula is C18H26N4O. The summed E-state index contributed by atoms with van der Waals surface area (Å²) in [6, 6.07) is 8.36. The maximum Gasteiger partial charge on any atom is 0.121 e. The Hall–Kier alpha value is -2.30. The van der Waals surface area contributed by atoms with Gasteiger partial charge in [0.2, 0.25) is 0 Å². The molecule has 1 atom stereocenters. The van der Waals surface area contributed by atoms with E-state index in [4.69, 9.17) is 4.74 Å². The van der Waals surface area contributed by atoms with Gasteiger partial charge in [0, 0.05) is 44.3 Å². The van der Waals surface area contributed by atoms with Crippen molar-refractivity contribution in [3.63, 3.8) is 0 Å². The maximum atomic E-state index is 5.39. The fourth-order valence-corrected chi connectivity index (χ4v) is 2.44. The van der Waals surface area contributed by atoms with Crippen molar-refractivity contribution in [3.8, 4) is 5.75 Å². The first-order chi connectivity index (χ1) is 11.1. The number of fused-ring (bicyclic) bond motifs is 1. The first-order valence-electron chi connectivity index (χ1n) is 7.96. The standard InChI is InChI=1S/C18H26N4O/c1-14(7-5-9-19-13-22(2)3)21-17-12-16(23-4)11-15-8-6-10-20-18(15)17/h6,8,10-14,21H,5,7,9H2,1-4H3/t14-/m0/s1. The van der Waals surface area contributed by atoms with E-state index < -0.39 is 0 Å². The molecular weight excluding hydrogens is 288 g/mol. The number of nitrogens with one attached hydrogen (secondary N) is 1. The Morgan fingerprint density at radius 2 is 2.22 bits per heavy atom. The van der Waals surface area contributed by atoms with Gasteiger partial charge in [-0.2, -0.15) is 0 Å². The molecule has 23 heavy (non-hydrogen) atoms.